The molecule has 0 aliphatic heterocycles. The number of aromatic nitrogens is 2. The summed E-state index contributed by atoms with van der Waals surface area (Å²) in [4.78, 5) is 6.81. The van der Waals surface area contributed by atoms with E-state index in [0.29, 0.717) is 0 Å². The van der Waals surface area contributed by atoms with Gasteiger partial charge in [0.2, 0.25) is 0 Å². The summed E-state index contributed by atoms with van der Waals surface area (Å²) in [6.45, 7) is 0. The number of hydrogen-bond acceptors (Lipinski definition) is 3. The average molecular weight is 272 g/mol. The number of pyridine rings is 1. The maximum absolute atomic E-state index is 6.31. The summed E-state index contributed by atoms with van der Waals surface area (Å²) >= 11 is 0. The molecule has 4 heteroatoms. The summed E-state index contributed by atoms with van der Waals surface area (Å²) in [7, 11) is 4.08. The van der Waals surface area contributed by atoms with Crippen molar-refractivity contribution in [2.75, 3.05) is 24.7 Å². The average Bonchev–Trinajstić information content (AvgIpc) is 2.76. The normalized spacial score (nSPS) is 16.7. The number of anilines is 2. The van der Waals surface area contributed by atoms with Gasteiger partial charge in [0.15, 0.2) is 0 Å². The molecule has 0 unspecified atom stereocenters. The van der Waals surface area contributed by atoms with Crippen molar-refractivity contribution in [2.45, 2.75) is 38.5 Å². The number of nitrogens with zero attached hydrogens (tertiary/aromatic N) is 3. The van der Waals surface area contributed by atoms with Crippen molar-refractivity contribution in [1.29, 1.82) is 0 Å². The molecular formula is C16H24N4. The minimum Gasteiger partial charge on any atom is -0.383 e. The van der Waals surface area contributed by atoms with Gasteiger partial charge in [-0.2, -0.15) is 0 Å². The third-order valence-electron chi connectivity index (χ3n) is 4.44. The summed E-state index contributed by atoms with van der Waals surface area (Å²) in [6, 6.07) is 4.14. The molecule has 0 atom stereocenters. The van der Waals surface area contributed by atoms with Crippen molar-refractivity contribution >= 4 is 17.2 Å². The van der Waals surface area contributed by atoms with Gasteiger partial charge in [0.1, 0.15) is 11.5 Å². The zero-order chi connectivity index (χ0) is 14.1. The number of rotatable bonds is 3. The Morgan fingerprint density at radius 2 is 2.00 bits per heavy atom. The van der Waals surface area contributed by atoms with E-state index in [2.05, 4.69) is 23.2 Å². The van der Waals surface area contributed by atoms with E-state index in [4.69, 9.17) is 10.7 Å². The summed E-state index contributed by atoms with van der Waals surface area (Å²) in [5, 5.41) is 0. The highest BCUT2D eigenvalue weighted by Gasteiger charge is 2.18. The van der Waals surface area contributed by atoms with Gasteiger partial charge >= 0.3 is 0 Å². The van der Waals surface area contributed by atoms with E-state index in [1.54, 1.807) is 0 Å². The second-order valence-electron chi connectivity index (χ2n) is 6.16. The Kier molecular flexibility index (Phi) is 3.55. The zero-order valence-corrected chi connectivity index (χ0v) is 12.5. The lowest BCUT2D eigenvalue weighted by Gasteiger charge is -2.20. The van der Waals surface area contributed by atoms with Crippen LogP contribution in [0.1, 0.15) is 37.8 Å². The molecule has 3 rings (SSSR count). The molecular weight excluding hydrogens is 248 g/mol. The molecule has 2 aromatic rings. The molecule has 2 heterocycles. The van der Waals surface area contributed by atoms with Gasteiger partial charge in [-0.05, 0) is 24.5 Å². The van der Waals surface area contributed by atoms with Gasteiger partial charge in [-0.15, -0.1) is 0 Å². The van der Waals surface area contributed by atoms with Gasteiger partial charge in [0.25, 0.3) is 0 Å². The topological polar surface area (TPSA) is 46.6 Å². The van der Waals surface area contributed by atoms with Crippen LogP contribution in [0.5, 0.6) is 0 Å². The smallest absolute Gasteiger partial charge is 0.138 e. The third kappa shape index (κ3) is 2.47. The van der Waals surface area contributed by atoms with Crippen molar-refractivity contribution in [3.8, 4) is 0 Å². The molecule has 1 saturated carbocycles. The molecule has 0 amide bonds. The fraction of sp³-hybridized carbons (Fsp3) is 0.562. The first-order chi connectivity index (χ1) is 9.65. The number of hydrogen-bond donors (Lipinski definition) is 1. The second-order valence-corrected chi connectivity index (χ2v) is 6.16. The molecule has 2 aromatic heterocycles. The first kappa shape index (κ1) is 13.3. The molecule has 0 aromatic carbocycles. The Morgan fingerprint density at radius 1 is 1.25 bits per heavy atom. The van der Waals surface area contributed by atoms with Crippen LogP contribution in [0, 0.1) is 5.92 Å². The number of nitrogens with two attached hydrogens (primary N) is 1. The first-order valence-electron chi connectivity index (χ1n) is 7.59. The molecule has 4 nitrogen and oxygen atoms in total. The van der Waals surface area contributed by atoms with Crippen molar-refractivity contribution in [3.05, 3.63) is 24.0 Å². The van der Waals surface area contributed by atoms with E-state index in [1.165, 1.54) is 32.1 Å². The Hall–Kier alpha value is -1.71. The van der Waals surface area contributed by atoms with E-state index in [9.17, 15) is 0 Å². The zero-order valence-electron chi connectivity index (χ0n) is 12.5. The third-order valence-corrected chi connectivity index (χ3v) is 4.44. The molecule has 1 aliphatic rings. The fourth-order valence-electron chi connectivity index (χ4n) is 3.18. The van der Waals surface area contributed by atoms with E-state index >= 15 is 0 Å². The van der Waals surface area contributed by atoms with Crippen LogP contribution >= 0.6 is 0 Å². The van der Waals surface area contributed by atoms with Crippen molar-refractivity contribution in [1.82, 2.24) is 9.38 Å². The second kappa shape index (κ2) is 5.35. The van der Waals surface area contributed by atoms with Crippen LogP contribution in [-0.2, 0) is 6.42 Å². The lowest BCUT2D eigenvalue weighted by Crippen LogP contribution is -2.11. The number of nitrogen functional groups attached to an aromatic ring is 1. The highest BCUT2D eigenvalue weighted by molar-refractivity contribution is 5.58. The Labute approximate surface area is 120 Å². The highest BCUT2D eigenvalue weighted by Crippen LogP contribution is 2.29. The Bertz CT molecular complexity index is 594. The minimum atomic E-state index is 0.768. The van der Waals surface area contributed by atoms with E-state index in [-0.39, 0.29) is 0 Å². The fourth-order valence-corrected chi connectivity index (χ4v) is 3.18. The van der Waals surface area contributed by atoms with Crippen molar-refractivity contribution in [2.24, 2.45) is 5.92 Å². The molecule has 1 fully saturated rings. The number of imidazole rings is 1. The van der Waals surface area contributed by atoms with Gasteiger partial charge in [-0.25, -0.2) is 4.98 Å². The van der Waals surface area contributed by atoms with Gasteiger partial charge in [-0.1, -0.05) is 32.1 Å². The molecule has 1 aliphatic carbocycles. The van der Waals surface area contributed by atoms with Gasteiger partial charge in [-0.3, -0.25) is 4.40 Å². The maximum Gasteiger partial charge on any atom is 0.138 e. The van der Waals surface area contributed by atoms with Crippen molar-refractivity contribution in [3.63, 3.8) is 0 Å². The van der Waals surface area contributed by atoms with Crippen molar-refractivity contribution < 1.29 is 0 Å². The van der Waals surface area contributed by atoms with E-state index in [0.717, 1.165) is 35.2 Å². The Morgan fingerprint density at radius 3 is 2.70 bits per heavy atom. The molecule has 0 bridgehead atoms. The highest BCUT2D eigenvalue weighted by atomic mass is 15.1. The standard InChI is InChI=1S/C16H24N4/c1-19(2)13-8-9-15-18-14(16(17)20(15)11-13)10-12-6-4-3-5-7-12/h8-9,11-12H,3-7,10,17H2,1-2H3. The van der Waals surface area contributed by atoms with Crippen LogP contribution in [-0.4, -0.2) is 23.5 Å². The van der Waals surface area contributed by atoms with Crippen LogP contribution in [0.2, 0.25) is 0 Å². The molecule has 0 radical (unpaired) electrons. The minimum absolute atomic E-state index is 0.768. The lowest BCUT2D eigenvalue weighted by atomic mass is 9.86. The van der Waals surface area contributed by atoms with Gasteiger partial charge < -0.3 is 10.6 Å². The summed E-state index contributed by atoms with van der Waals surface area (Å²) in [6.07, 6.45) is 9.88. The lowest BCUT2D eigenvalue weighted by molar-refractivity contribution is 0.355. The Balaban J connectivity index is 1.89. The van der Waals surface area contributed by atoms with Crippen LogP contribution < -0.4 is 10.6 Å². The predicted octanol–water partition coefficient (Wildman–Crippen LogP) is 3.11. The summed E-state index contributed by atoms with van der Waals surface area (Å²) in [5.74, 6) is 1.58. The first-order valence-corrected chi connectivity index (χ1v) is 7.59. The SMILES string of the molecule is CN(C)c1ccc2nc(CC3CCCCC3)c(N)n2c1. The van der Waals surface area contributed by atoms with Crippen LogP contribution in [0.4, 0.5) is 11.5 Å². The van der Waals surface area contributed by atoms with E-state index in [1.807, 2.05) is 18.5 Å². The molecule has 0 saturated heterocycles. The monoisotopic (exact) mass is 272 g/mol. The summed E-state index contributed by atoms with van der Waals surface area (Å²) < 4.78 is 2.02. The quantitative estimate of drug-likeness (QED) is 0.934. The van der Waals surface area contributed by atoms with Gasteiger partial charge in [0, 0.05) is 20.3 Å². The maximum atomic E-state index is 6.31. The molecule has 2 N–H and O–H groups in total. The van der Waals surface area contributed by atoms with Crippen LogP contribution in [0.25, 0.3) is 5.65 Å². The summed E-state index contributed by atoms with van der Waals surface area (Å²) in [5.41, 5.74) is 9.49. The molecule has 20 heavy (non-hydrogen) atoms. The van der Waals surface area contributed by atoms with Gasteiger partial charge in [0.05, 0.1) is 11.4 Å². The van der Waals surface area contributed by atoms with E-state index < -0.39 is 0 Å². The van der Waals surface area contributed by atoms with Crippen LogP contribution in [0.3, 0.4) is 0 Å². The largest absolute Gasteiger partial charge is 0.383 e. The molecule has 0 spiro atoms. The predicted molar refractivity (Wildman–Crippen MR) is 84.2 cm³/mol. The molecule has 108 valence electrons. The number of fused-ring (bicyclic) bond motifs is 1. The van der Waals surface area contributed by atoms with Crippen LogP contribution in [0.15, 0.2) is 18.3 Å².